The number of rotatable bonds is 2. The number of nitrogens with zero attached hydrogens (tertiary/aromatic N) is 1. The van der Waals surface area contributed by atoms with E-state index in [1.54, 1.807) is 0 Å². The molecule has 0 aliphatic carbocycles. The van der Waals surface area contributed by atoms with E-state index in [4.69, 9.17) is 13.9 Å². The first kappa shape index (κ1) is 9.89. The molecular weight excluding hydrogens is 222 g/mol. The molecule has 0 atom stereocenters. The highest BCUT2D eigenvalue weighted by Gasteiger charge is 2.14. The molecule has 2 heterocycles. The molecule has 0 saturated heterocycles. The Morgan fingerprint density at radius 3 is 2.76 bits per heavy atom. The van der Waals surface area contributed by atoms with E-state index < -0.39 is 0 Å². The summed E-state index contributed by atoms with van der Waals surface area (Å²) in [6, 6.07) is 5.49. The molecule has 0 unspecified atom stereocenters. The number of carbonyl (C=O) groups excluding carboxylic acids is 1. The maximum atomic E-state index is 10.5. The van der Waals surface area contributed by atoms with Crippen molar-refractivity contribution in [3.05, 3.63) is 30.4 Å². The average Bonchev–Trinajstić information content (AvgIpc) is 2.87. The number of ether oxygens (including phenoxy) is 2. The summed E-state index contributed by atoms with van der Waals surface area (Å²) in [4.78, 5) is 14.5. The third-order valence-corrected chi connectivity index (χ3v) is 2.46. The van der Waals surface area contributed by atoms with E-state index in [0.29, 0.717) is 30.9 Å². The molecule has 0 bridgehead atoms. The van der Waals surface area contributed by atoms with E-state index in [1.807, 2.05) is 18.2 Å². The third-order valence-electron chi connectivity index (χ3n) is 2.46. The second-order valence-electron chi connectivity index (χ2n) is 3.55. The first-order valence-electron chi connectivity index (χ1n) is 5.17. The van der Waals surface area contributed by atoms with Crippen LogP contribution < -0.4 is 9.47 Å². The monoisotopic (exact) mass is 231 g/mol. The molecule has 0 amide bonds. The largest absolute Gasteiger partial charge is 0.486 e. The first-order chi connectivity index (χ1) is 8.36. The number of aldehydes is 1. The molecule has 3 rings (SSSR count). The van der Waals surface area contributed by atoms with Gasteiger partial charge in [-0.05, 0) is 18.2 Å². The van der Waals surface area contributed by atoms with Crippen molar-refractivity contribution < 1.29 is 18.7 Å². The van der Waals surface area contributed by atoms with E-state index in [-0.39, 0.29) is 5.89 Å². The van der Waals surface area contributed by atoms with Crippen molar-refractivity contribution in [1.29, 1.82) is 0 Å². The van der Waals surface area contributed by atoms with Crippen molar-refractivity contribution in [2.45, 2.75) is 0 Å². The molecule has 0 fully saturated rings. The van der Waals surface area contributed by atoms with E-state index >= 15 is 0 Å². The predicted octanol–water partition coefficient (Wildman–Crippen LogP) is 1.93. The maximum absolute atomic E-state index is 10.5. The molecule has 1 aliphatic rings. The van der Waals surface area contributed by atoms with Gasteiger partial charge in [-0.3, -0.25) is 4.79 Å². The van der Waals surface area contributed by atoms with Crippen LogP contribution in [0, 0.1) is 0 Å². The fraction of sp³-hybridized carbons (Fsp3) is 0.167. The first-order valence-corrected chi connectivity index (χ1v) is 5.17. The van der Waals surface area contributed by atoms with Gasteiger partial charge in [0.2, 0.25) is 6.29 Å². The van der Waals surface area contributed by atoms with Crippen molar-refractivity contribution in [2.75, 3.05) is 13.2 Å². The normalized spacial score (nSPS) is 13.4. The van der Waals surface area contributed by atoms with Crippen molar-refractivity contribution in [3.8, 4) is 22.8 Å². The Morgan fingerprint density at radius 2 is 2.00 bits per heavy atom. The summed E-state index contributed by atoms with van der Waals surface area (Å²) in [6.07, 6.45) is 2.01. The van der Waals surface area contributed by atoms with Crippen LogP contribution in [0.5, 0.6) is 11.5 Å². The zero-order chi connectivity index (χ0) is 11.7. The molecule has 2 aromatic rings. The van der Waals surface area contributed by atoms with Crippen molar-refractivity contribution in [1.82, 2.24) is 4.98 Å². The Balaban J connectivity index is 2.00. The zero-order valence-electron chi connectivity index (χ0n) is 8.88. The van der Waals surface area contributed by atoms with Crippen LogP contribution in [-0.2, 0) is 0 Å². The molecule has 1 aliphatic heterocycles. The summed E-state index contributed by atoms with van der Waals surface area (Å²) in [5.74, 6) is 1.47. The van der Waals surface area contributed by atoms with Gasteiger partial charge in [0.25, 0.3) is 5.89 Å². The second kappa shape index (κ2) is 3.93. The van der Waals surface area contributed by atoms with E-state index in [9.17, 15) is 4.79 Å². The van der Waals surface area contributed by atoms with Gasteiger partial charge in [-0.2, -0.15) is 0 Å². The lowest BCUT2D eigenvalue weighted by Crippen LogP contribution is -2.15. The number of fused-ring (bicyclic) bond motifs is 1. The summed E-state index contributed by atoms with van der Waals surface area (Å²) in [5.41, 5.74) is 1.43. The standard InChI is InChI=1S/C12H9NO4/c14-6-12-13-9(7-17-12)8-1-2-10-11(5-8)16-4-3-15-10/h1-2,5-7H,3-4H2. The van der Waals surface area contributed by atoms with Gasteiger partial charge in [-0.1, -0.05) is 0 Å². The van der Waals surface area contributed by atoms with E-state index in [0.717, 1.165) is 11.3 Å². The highest BCUT2D eigenvalue weighted by Crippen LogP contribution is 2.34. The van der Waals surface area contributed by atoms with Crippen molar-refractivity contribution in [2.24, 2.45) is 0 Å². The fourth-order valence-corrected chi connectivity index (χ4v) is 1.68. The van der Waals surface area contributed by atoms with Crippen LogP contribution in [-0.4, -0.2) is 24.5 Å². The minimum Gasteiger partial charge on any atom is -0.486 e. The molecule has 1 aromatic carbocycles. The van der Waals surface area contributed by atoms with Gasteiger partial charge in [0, 0.05) is 5.56 Å². The van der Waals surface area contributed by atoms with Gasteiger partial charge in [-0.25, -0.2) is 4.98 Å². The zero-order valence-corrected chi connectivity index (χ0v) is 8.88. The number of oxazole rings is 1. The van der Waals surface area contributed by atoms with Crippen LogP contribution >= 0.6 is 0 Å². The van der Waals surface area contributed by atoms with Crippen LogP contribution in [0.2, 0.25) is 0 Å². The average molecular weight is 231 g/mol. The summed E-state index contributed by atoms with van der Waals surface area (Å²) in [5, 5.41) is 0. The summed E-state index contributed by atoms with van der Waals surface area (Å²) in [7, 11) is 0. The third kappa shape index (κ3) is 1.75. The van der Waals surface area contributed by atoms with Gasteiger partial charge in [0.15, 0.2) is 11.5 Å². The van der Waals surface area contributed by atoms with Gasteiger partial charge >= 0.3 is 0 Å². The SMILES string of the molecule is O=Cc1nc(-c2ccc3c(c2)OCCO3)co1. The molecule has 0 N–H and O–H groups in total. The number of aromatic nitrogens is 1. The highest BCUT2D eigenvalue weighted by atomic mass is 16.6. The number of hydrogen-bond acceptors (Lipinski definition) is 5. The number of carbonyl (C=O) groups is 1. The molecule has 0 spiro atoms. The second-order valence-corrected chi connectivity index (χ2v) is 3.55. The quantitative estimate of drug-likeness (QED) is 0.739. The maximum Gasteiger partial charge on any atom is 0.260 e. The molecular formula is C12H9NO4. The molecule has 17 heavy (non-hydrogen) atoms. The smallest absolute Gasteiger partial charge is 0.260 e. The molecule has 5 nitrogen and oxygen atoms in total. The van der Waals surface area contributed by atoms with Gasteiger partial charge < -0.3 is 13.9 Å². The molecule has 5 heteroatoms. The Morgan fingerprint density at radius 1 is 1.18 bits per heavy atom. The lowest BCUT2D eigenvalue weighted by Gasteiger charge is -2.18. The summed E-state index contributed by atoms with van der Waals surface area (Å²) < 4.78 is 15.8. The van der Waals surface area contributed by atoms with Crippen LogP contribution in [0.15, 0.2) is 28.9 Å². The Labute approximate surface area is 97.0 Å². The molecule has 0 radical (unpaired) electrons. The van der Waals surface area contributed by atoms with Crippen LogP contribution in [0.1, 0.15) is 10.7 Å². The molecule has 86 valence electrons. The van der Waals surface area contributed by atoms with Crippen molar-refractivity contribution in [3.63, 3.8) is 0 Å². The van der Waals surface area contributed by atoms with Crippen molar-refractivity contribution >= 4 is 6.29 Å². The predicted molar refractivity (Wildman–Crippen MR) is 58.3 cm³/mol. The summed E-state index contributed by atoms with van der Waals surface area (Å²) >= 11 is 0. The lowest BCUT2D eigenvalue weighted by molar-refractivity contribution is 0.109. The van der Waals surface area contributed by atoms with Crippen LogP contribution in [0.4, 0.5) is 0 Å². The Hall–Kier alpha value is -2.30. The Bertz CT molecular complexity index is 561. The van der Waals surface area contributed by atoms with Gasteiger partial charge in [0.1, 0.15) is 25.2 Å². The topological polar surface area (TPSA) is 61.6 Å². The van der Waals surface area contributed by atoms with Gasteiger partial charge in [-0.15, -0.1) is 0 Å². The van der Waals surface area contributed by atoms with Crippen LogP contribution in [0.25, 0.3) is 11.3 Å². The van der Waals surface area contributed by atoms with E-state index in [2.05, 4.69) is 4.98 Å². The molecule has 1 aromatic heterocycles. The van der Waals surface area contributed by atoms with E-state index in [1.165, 1.54) is 6.26 Å². The number of hydrogen-bond donors (Lipinski definition) is 0. The fourth-order valence-electron chi connectivity index (χ4n) is 1.68. The minimum atomic E-state index is 0.0647. The Kier molecular flexibility index (Phi) is 2.29. The molecule has 0 saturated carbocycles. The number of benzene rings is 1. The van der Waals surface area contributed by atoms with Gasteiger partial charge in [0.05, 0.1) is 0 Å². The minimum absolute atomic E-state index is 0.0647. The van der Waals surface area contributed by atoms with Crippen LogP contribution in [0.3, 0.4) is 0 Å². The summed E-state index contributed by atoms with van der Waals surface area (Å²) in [6.45, 7) is 1.10. The highest BCUT2D eigenvalue weighted by molar-refractivity contribution is 5.71. The lowest BCUT2D eigenvalue weighted by atomic mass is 10.1.